The van der Waals surface area contributed by atoms with Crippen LogP contribution in [0.4, 0.5) is 0 Å². The summed E-state index contributed by atoms with van der Waals surface area (Å²) < 4.78 is 11.0. The highest BCUT2D eigenvalue weighted by atomic mass is 32.1. The Kier molecular flexibility index (Phi) is 6.37. The van der Waals surface area contributed by atoms with E-state index in [0.717, 1.165) is 17.7 Å². The van der Waals surface area contributed by atoms with Crippen molar-refractivity contribution in [3.63, 3.8) is 0 Å². The van der Waals surface area contributed by atoms with E-state index in [1.807, 2.05) is 16.8 Å². The van der Waals surface area contributed by atoms with Gasteiger partial charge in [0.1, 0.15) is 0 Å². The van der Waals surface area contributed by atoms with Crippen LogP contribution in [-0.4, -0.2) is 38.1 Å². The summed E-state index contributed by atoms with van der Waals surface area (Å²) in [6, 6.07) is 1.97. The number of carbonyl (C=O) groups is 2. The summed E-state index contributed by atoms with van der Waals surface area (Å²) in [6.07, 6.45) is 1.20. The van der Waals surface area contributed by atoms with Crippen molar-refractivity contribution in [3.8, 4) is 0 Å². The fourth-order valence-corrected chi connectivity index (χ4v) is 4.63. The third-order valence-corrected chi connectivity index (χ3v) is 5.71. The van der Waals surface area contributed by atoms with E-state index in [9.17, 15) is 9.59 Å². The van der Waals surface area contributed by atoms with Crippen LogP contribution in [0, 0.1) is 5.41 Å². The molecule has 0 radical (unpaired) electrons. The highest BCUT2D eigenvalue weighted by molar-refractivity contribution is 7.08. The Labute approximate surface area is 169 Å². The van der Waals surface area contributed by atoms with Gasteiger partial charge in [-0.25, -0.2) is 4.79 Å². The molecule has 3 rings (SSSR count). The van der Waals surface area contributed by atoms with Crippen LogP contribution in [-0.2, 0) is 19.1 Å². The highest BCUT2D eigenvalue weighted by Crippen LogP contribution is 2.47. The molecule has 0 bridgehead atoms. The Morgan fingerprint density at radius 2 is 2.18 bits per heavy atom. The molecule has 1 unspecified atom stereocenters. The third-order valence-electron chi connectivity index (χ3n) is 5.00. The van der Waals surface area contributed by atoms with Gasteiger partial charge in [-0.2, -0.15) is 11.3 Å². The van der Waals surface area contributed by atoms with Crippen LogP contribution < -0.4 is 11.1 Å². The zero-order chi connectivity index (χ0) is 20.3. The second-order valence-corrected chi connectivity index (χ2v) is 8.68. The van der Waals surface area contributed by atoms with Crippen LogP contribution in [0.25, 0.3) is 0 Å². The van der Waals surface area contributed by atoms with E-state index < -0.39 is 11.9 Å². The number of rotatable bonds is 7. The summed E-state index contributed by atoms with van der Waals surface area (Å²) in [5.41, 5.74) is 9.04. The van der Waals surface area contributed by atoms with Gasteiger partial charge >= 0.3 is 5.97 Å². The number of dihydropyridines is 1. The van der Waals surface area contributed by atoms with Crippen molar-refractivity contribution >= 4 is 23.1 Å². The van der Waals surface area contributed by atoms with Gasteiger partial charge in [-0.1, -0.05) is 13.8 Å². The predicted octanol–water partition coefficient (Wildman–Crippen LogP) is 2.87. The largest absolute Gasteiger partial charge is 0.463 e. The van der Waals surface area contributed by atoms with Gasteiger partial charge in [-0.05, 0) is 41.1 Å². The van der Waals surface area contributed by atoms with E-state index >= 15 is 0 Å². The molecule has 1 atom stereocenters. The fourth-order valence-electron chi connectivity index (χ4n) is 3.94. The van der Waals surface area contributed by atoms with Gasteiger partial charge in [-0.15, -0.1) is 0 Å². The zero-order valence-electron chi connectivity index (χ0n) is 16.7. The monoisotopic (exact) mass is 404 g/mol. The molecule has 0 saturated heterocycles. The Bertz CT molecular complexity index is 808. The molecular formula is C21H28N2O4S. The fraction of sp³-hybridized carbons (Fsp3) is 0.524. The Morgan fingerprint density at radius 3 is 2.82 bits per heavy atom. The van der Waals surface area contributed by atoms with E-state index in [-0.39, 0.29) is 24.4 Å². The molecule has 2 heterocycles. The molecule has 28 heavy (non-hydrogen) atoms. The van der Waals surface area contributed by atoms with Gasteiger partial charge in [0, 0.05) is 30.2 Å². The maximum atomic E-state index is 13.1. The molecule has 2 aliphatic rings. The maximum Gasteiger partial charge on any atom is 0.336 e. The van der Waals surface area contributed by atoms with Crippen molar-refractivity contribution in [2.24, 2.45) is 11.1 Å². The number of nitrogens with one attached hydrogen (secondary N) is 1. The molecule has 1 aromatic rings. The molecular weight excluding hydrogens is 376 g/mol. The van der Waals surface area contributed by atoms with Crippen molar-refractivity contribution in [3.05, 3.63) is 44.9 Å². The van der Waals surface area contributed by atoms with Crippen molar-refractivity contribution < 1.29 is 19.1 Å². The lowest BCUT2D eigenvalue weighted by molar-refractivity contribution is -0.139. The van der Waals surface area contributed by atoms with Gasteiger partial charge in [-0.3, -0.25) is 4.79 Å². The van der Waals surface area contributed by atoms with Gasteiger partial charge < -0.3 is 20.5 Å². The quantitative estimate of drug-likeness (QED) is 0.536. The standard InChI is InChI=1S/C21H28N2O4S/c1-4-27-20(25)19-15(11-26-7-6-22)23-14-9-21(2,3)10-16(24)18(14)17(19)13-5-8-28-12-13/h5,8,12,17,23H,4,6-7,9-11,22H2,1-3H3. The number of allylic oxidation sites excluding steroid dienone is 2. The minimum atomic E-state index is -0.429. The first-order chi connectivity index (χ1) is 13.4. The first-order valence-electron chi connectivity index (χ1n) is 9.61. The van der Waals surface area contributed by atoms with Crippen LogP contribution >= 0.6 is 11.3 Å². The van der Waals surface area contributed by atoms with Crippen molar-refractivity contribution in [2.75, 3.05) is 26.4 Å². The topological polar surface area (TPSA) is 90.7 Å². The van der Waals surface area contributed by atoms with Crippen LogP contribution in [0.15, 0.2) is 39.4 Å². The average molecular weight is 405 g/mol. The molecule has 0 saturated carbocycles. The summed E-state index contributed by atoms with van der Waals surface area (Å²) in [6.45, 7) is 7.23. The minimum Gasteiger partial charge on any atom is -0.463 e. The summed E-state index contributed by atoms with van der Waals surface area (Å²) in [7, 11) is 0. The molecule has 7 heteroatoms. The second-order valence-electron chi connectivity index (χ2n) is 7.90. The number of ether oxygens (including phenoxy) is 2. The van der Waals surface area contributed by atoms with Gasteiger partial charge in [0.2, 0.25) is 0 Å². The van der Waals surface area contributed by atoms with Crippen LogP contribution in [0.3, 0.4) is 0 Å². The van der Waals surface area contributed by atoms with Gasteiger partial charge in [0.15, 0.2) is 5.78 Å². The zero-order valence-corrected chi connectivity index (χ0v) is 17.5. The third kappa shape index (κ3) is 4.21. The van der Waals surface area contributed by atoms with E-state index in [1.54, 1.807) is 18.3 Å². The molecule has 0 fully saturated rings. The van der Waals surface area contributed by atoms with Crippen molar-refractivity contribution in [2.45, 2.75) is 39.5 Å². The molecule has 3 N–H and O–H groups in total. The SMILES string of the molecule is CCOC(=O)C1=C(COCCN)NC2=C(C(=O)CC(C)(C)C2)C1c1ccsc1. The molecule has 152 valence electrons. The van der Waals surface area contributed by atoms with E-state index in [0.29, 0.717) is 36.4 Å². The van der Waals surface area contributed by atoms with Crippen LogP contribution in [0.5, 0.6) is 0 Å². The highest BCUT2D eigenvalue weighted by Gasteiger charge is 2.43. The number of thiophene rings is 1. The van der Waals surface area contributed by atoms with Crippen molar-refractivity contribution in [1.82, 2.24) is 5.32 Å². The smallest absolute Gasteiger partial charge is 0.336 e. The first kappa shape index (κ1) is 20.8. The summed E-state index contributed by atoms with van der Waals surface area (Å²) in [5.74, 6) is -0.762. The molecule has 1 aliphatic carbocycles. The molecule has 0 aromatic carbocycles. The number of Topliss-reactive ketones (excluding diaryl/α,β-unsaturated/α-hetero) is 1. The van der Waals surface area contributed by atoms with Crippen LogP contribution in [0.2, 0.25) is 0 Å². The van der Waals surface area contributed by atoms with Gasteiger partial charge in [0.05, 0.1) is 31.1 Å². The van der Waals surface area contributed by atoms with E-state index in [1.165, 1.54) is 0 Å². The summed E-state index contributed by atoms with van der Waals surface area (Å²) >= 11 is 1.55. The van der Waals surface area contributed by atoms with Crippen LogP contribution in [0.1, 0.15) is 45.1 Å². The lowest BCUT2D eigenvalue weighted by Crippen LogP contribution is -2.40. The molecule has 1 aromatic heterocycles. The number of hydrogen-bond acceptors (Lipinski definition) is 7. The average Bonchev–Trinajstić information content (AvgIpc) is 3.14. The Morgan fingerprint density at radius 1 is 1.39 bits per heavy atom. The summed E-state index contributed by atoms with van der Waals surface area (Å²) in [5, 5.41) is 7.31. The van der Waals surface area contributed by atoms with Gasteiger partial charge in [0.25, 0.3) is 0 Å². The number of ketones is 1. The normalized spacial score (nSPS) is 21.4. The predicted molar refractivity (Wildman–Crippen MR) is 109 cm³/mol. The van der Waals surface area contributed by atoms with E-state index in [2.05, 4.69) is 19.2 Å². The number of carbonyl (C=O) groups excluding carboxylic acids is 2. The molecule has 0 amide bonds. The number of esters is 1. The number of nitrogens with two attached hydrogens (primary N) is 1. The lowest BCUT2D eigenvalue weighted by Gasteiger charge is -2.39. The lowest BCUT2D eigenvalue weighted by atomic mass is 9.69. The Hall–Kier alpha value is -1.96. The molecule has 6 nitrogen and oxygen atoms in total. The summed E-state index contributed by atoms with van der Waals surface area (Å²) in [4.78, 5) is 26.1. The number of hydrogen-bond donors (Lipinski definition) is 2. The maximum absolute atomic E-state index is 13.1. The second kappa shape index (κ2) is 8.59. The van der Waals surface area contributed by atoms with E-state index in [4.69, 9.17) is 15.2 Å². The Balaban J connectivity index is 2.11. The molecule has 1 aliphatic heterocycles. The van der Waals surface area contributed by atoms with Crippen molar-refractivity contribution in [1.29, 1.82) is 0 Å². The first-order valence-corrected chi connectivity index (χ1v) is 10.6. The minimum absolute atomic E-state index is 0.0821. The molecule has 0 spiro atoms.